The van der Waals surface area contributed by atoms with Gasteiger partial charge in [-0.15, -0.1) is 0 Å². The highest BCUT2D eigenvalue weighted by molar-refractivity contribution is 5.93. The molecule has 5 atom stereocenters. The van der Waals surface area contributed by atoms with Crippen LogP contribution in [0.5, 0.6) is 0 Å². The molecule has 3 amide bonds. The summed E-state index contributed by atoms with van der Waals surface area (Å²) in [5.41, 5.74) is 0. The van der Waals surface area contributed by atoms with Crippen molar-refractivity contribution in [2.45, 2.75) is 95.4 Å². The summed E-state index contributed by atoms with van der Waals surface area (Å²) in [7, 11) is 0. The quantitative estimate of drug-likeness (QED) is 0.636. The molecule has 0 spiro atoms. The van der Waals surface area contributed by atoms with E-state index in [-0.39, 0.29) is 42.2 Å². The second-order valence-corrected chi connectivity index (χ2v) is 9.57. The molecule has 2 bridgehead atoms. The maximum absolute atomic E-state index is 13.4. The van der Waals surface area contributed by atoms with E-state index < -0.39 is 18.1 Å². The van der Waals surface area contributed by atoms with Crippen LogP contribution in [0.2, 0.25) is 0 Å². The lowest BCUT2D eigenvalue weighted by Gasteiger charge is -2.38. The predicted molar refractivity (Wildman–Crippen MR) is 107 cm³/mol. The SMILES string of the molecule is CCCCCC1CCC(C(=O)N2C[C@@H]3C[C@H]2[C@@H]3NC(=O)[C@@H]2C[C@H](F)C(=O)N2)CC1. The monoisotopic (exact) mass is 407 g/mol. The van der Waals surface area contributed by atoms with Gasteiger partial charge < -0.3 is 15.5 Å². The molecule has 0 aromatic heterocycles. The average Bonchev–Trinajstić information content (AvgIpc) is 3.40. The molecule has 0 aromatic carbocycles. The first-order chi connectivity index (χ1) is 14.0. The third-order valence-electron chi connectivity index (χ3n) is 7.66. The number of amides is 3. The van der Waals surface area contributed by atoms with Gasteiger partial charge in [-0.05, 0) is 38.0 Å². The zero-order valence-electron chi connectivity index (χ0n) is 17.4. The molecule has 5 aliphatic rings. The number of alkyl halides is 1. The first-order valence-corrected chi connectivity index (χ1v) is 11.5. The highest BCUT2D eigenvalue weighted by Gasteiger charge is 2.55. The average molecular weight is 408 g/mol. The van der Waals surface area contributed by atoms with E-state index in [1.54, 1.807) is 0 Å². The van der Waals surface area contributed by atoms with Gasteiger partial charge in [0.1, 0.15) is 6.04 Å². The van der Waals surface area contributed by atoms with Gasteiger partial charge in [0.15, 0.2) is 6.17 Å². The first-order valence-electron chi connectivity index (χ1n) is 11.5. The molecule has 7 heteroatoms. The van der Waals surface area contributed by atoms with Crippen LogP contribution in [0.3, 0.4) is 0 Å². The number of rotatable bonds is 7. The van der Waals surface area contributed by atoms with Crippen LogP contribution in [0.1, 0.15) is 71.1 Å². The van der Waals surface area contributed by atoms with E-state index >= 15 is 0 Å². The summed E-state index contributed by atoms with van der Waals surface area (Å²) < 4.78 is 13.4. The van der Waals surface area contributed by atoms with Crippen molar-refractivity contribution in [3.63, 3.8) is 0 Å². The Morgan fingerprint density at radius 3 is 2.59 bits per heavy atom. The molecule has 5 fully saturated rings. The normalized spacial score (nSPS) is 38.5. The minimum atomic E-state index is -1.60. The molecule has 0 aromatic rings. The second-order valence-electron chi connectivity index (χ2n) is 9.57. The first kappa shape index (κ1) is 20.6. The number of nitrogens with zero attached hydrogens (tertiary/aromatic N) is 1. The topological polar surface area (TPSA) is 78.5 Å². The molecule has 3 aliphatic heterocycles. The molecular formula is C22H34FN3O3. The van der Waals surface area contributed by atoms with Crippen LogP contribution in [0, 0.1) is 17.8 Å². The number of hydrogen-bond donors (Lipinski definition) is 2. The van der Waals surface area contributed by atoms with Crippen molar-refractivity contribution in [3.8, 4) is 0 Å². The third-order valence-corrected chi connectivity index (χ3v) is 7.66. The fourth-order valence-electron chi connectivity index (χ4n) is 5.77. The summed E-state index contributed by atoms with van der Waals surface area (Å²) in [5, 5.41) is 5.38. The van der Waals surface area contributed by atoms with Crippen LogP contribution in [-0.2, 0) is 14.4 Å². The molecule has 5 rings (SSSR count). The van der Waals surface area contributed by atoms with E-state index in [9.17, 15) is 18.8 Å². The highest BCUT2D eigenvalue weighted by atomic mass is 19.1. The number of halogens is 1. The Morgan fingerprint density at radius 2 is 1.93 bits per heavy atom. The van der Waals surface area contributed by atoms with E-state index in [2.05, 4.69) is 17.6 Å². The van der Waals surface area contributed by atoms with E-state index in [1.165, 1.54) is 25.7 Å². The van der Waals surface area contributed by atoms with E-state index in [0.29, 0.717) is 6.54 Å². The van der Waals surface area contributed by atoms with Crippen molar-refractivity contribution < 1.29 is 18.8 Å². The maximum atomic E-state index is 13.4. The van der Waals surface area contributed by atoms with Crippen molar-refractivity contribution >= 4 is 17.7 Å². The molecule has 29 heavy (non-hydrogen) atoms. The summed E-state index contributed by atoms with van der Waals surface area (Å²) in [6.45, 7) is 2.95. The van der Waals surface area contributed by atoms with Gasteiger partial charge in [-0.25, -0.2) is 4.39 Å². The van der Waals surface area contributed by atoms with Crippen LogP contribution in [0.4, 0.5) is 4.39 Å². The molecule has 2 aliphatic carbocycles. The van der Waals surface area contributed by atoms with Crippen LogP contribution in [0.25, 0.3) is 0 Å². The van der Waals surface area contributed by atoms with Crippen molar-refractivity contribution in [3.05, 3.63) is 0 Å². The molecule has 2 N–H and O–H groups in total. The summed E-state index contributed by atoms with van der Waals surface area (Å²) in [6, 6.07) is -0.769. The van der Waals surface area contributed by atoms with Gasteiger partial charge in [0.25, 0.3) is 5.91 Å². The van der Waals surface area contributed by atoms with Gasteiger partial charge >= 0.3 is 0 Å². The number of carbonyl (C=O) groups excluding carboxylic acids is 3. The minimum absolute atomic E-state index is 0.0487. The van der Waals surface area contributed by atoms with Gasteiger partial charge in [0.2, 0.25) is 11.8 Å². The predicted octanol–water partition coefficient (Wildman–Crippen LogP) is 2.32. The van der Waals surface area contributed by atoms with Crippen molar-refractivity contribution in [2.75, 3.05) is 6.54 Å². The van der Waals surface area contributed by atoms with Gasteiger partial charge in [-0.2, -0.15) is 0 Å². The Labute approximate surface area is 172 Å². The molecule has 3 heterocycles. The number of nitrogens with one attached hydrogen (secondary N) is 2. The lowest BCUT2D eigenvalue weighted by atomic mass is 9.78. The van der Waals surface area contributed by atoms with E-state index in [4.69, 9.17) is 0 Å². The van der Waals surface area contributed by atoms with Crippen LogP contribution in [0.15, 0.2) is 0 Å². The van der Waals surface area contributed by atoms with Crippen LogP contribution >= 0.6 is 0 Å². The van der Waals surface area contributed by atoms with Crippen molar-refractivity contribution in [1.29, 1.82) is 0 Å². The number of hydrogen-bond acceptors (Lipinski definition) is 3. The zero-order valence-corrected chi connectivity index (χ0v) is 17.4. The van der Waals surface area contributed by atoms with Crippen molar-refractivity contribution in [1.82, 2.24) is 15.5 Å². The largest absolute Gasteiger partial charge is 0.349 e. The smallest absolute Gasteiger partial charge is 0.255 e. The van der Waals surface area contributed by atoms with Crippen molar-refractivity contribution in [2.24, 2.45) is 17.8 Å². The van der Waals surface area contributed by atoms with Gasteiger partial charge in [0.05, 0.1) is 12.1 Å². The zero-order chi connectivity index (χ0) is 20.5. The standard InChI is InChI=1S/C22H34FN3O3/c1-2-3-4-5-13-6-8-14(9-7-13)22(29)26-12-15-10-18(26)19(15)25-21(28)17-11-16(23)20(27)24-17/h13-19H,2-12H2,1H3,(H,24,27)(H,25,28)/t13?,14?,15-,16-,17-,18-,19+/m0/s1. The number of carbonyl (C=O) groups is 3. The Hall–Kier alpha value is -1.66. The second kappa shape index (κ2) is 8.60. The minimum Gasteiger partial charge on any atom is -0.349 e. The Morgan fingerprint density at radius 1 is 1.17 bits per heavy atom. The van der Waals surface area contributed by atoms with Crippen LogP contribution in [-0.4, -0.2) is 53.5 Å². The fourth-order valence-corrected chi connectivity index (χ4v) is 5.77. The molecule has 3 saturated heterocycles. The molecule has 0 radical (unpaired) electrons. The summed E-state index contributed by atoms with van der Waals surface area (Å²) in [5.74, 6) is 0.445. The summed E-state index contributed by atoms with van der Waals surface area (Å²) >= 11 is 0. The number of fused-ring (bicyclic) bond motifs is 1. The summed E-state index contributed by atoms with van der Waals surface area (Å²) in [6.07, 6.45) is 8.71. The molecule has 162 valence electrons. The lowest BCUT2D eigenvalue weighted by molar-refractivity contribution is -0.138. The Kier molecular flexibility index (Phi) is 6.11. The summed E-state index contributed by atoms with van der Waals surface area (Å²) in [4.78, 5) is 38.8. The fraction of sp³-hybridized carbons (Fsp3) is 0.864. The molecule has 6 nitrogen and oxygen atoms in total. The molecular weight excluding hydrogens is 373 g/mol. The van der Waals surface area contributed by atoms with E-state index in [1.807, 2.05) is 4.90 Å². The maximum Gasteiger partial charge on any atom is 0.255 e. The van der Waals surface area contributed by atoms with E-state index in [0.717, 1.165) is 38.0 Å². The Bertz CT molecular complexity index is 649. The molecule has 2 saturated carbocycles. The van der Waals surface area contributed by atoms with Crippen LogP contribution < -0.4 is 10.6 Å². The lowest BCUT2D eigenvalue weighted by Crippen LogP contribution is -2.58. The Balaban J connectivity index is 1.24. The highest BCUT2D eigenvalue weighted by Crippen LogP contribution is 2.43. The van der Waals surface area contributed by atoms with Gasteiger partial charge in [-0.3, -0.25) is 14.4 Å². The number of unbranched alkanes of at least 4 members (excludes halogenated alkanes) is 2. The van der Waals surface area contributed by atoms with Gasteiger partial charge in [-0.1, -0.05) is 32.6 Å². The molecule has 0 unspecified atom stereocenters. The third kappa shape index (κ3) is 4.15. The van der Waals surface area contributed by atoms with Gasteiger partial charge in [0, 0.05) is 24.8 Å².